The minimum atomic E-state index is -0.962. The van der Waals surface area contributed by atoms with Crippen LogP contribution in [0.15, 0.2) is 89.4 Å². The van der Waals surface area contributed by atoms with Crippen LogP contribution in [-0.2, 0) is 15.6 Å². The van der Waals surface area contributed by atoms with Crippen LogP contribution in [0.25, 0.3) is 10.8 Å². The second kappa shape index (κ2) is 12.3. The summed E-state index contributed by atoms with van der Waals surface area (Å²) >= 11 is 0. The molecule has 0 saturated carbocycles. The van der Waals surface area contributed by atoms with Gasteiger partial charge in [0.25, 0.3) is 0 Å². The fraction of sp³-hybridized carbons (Fsp3) is 0.390. The summed E-state index contributed by atoms with van der Waals surface area (Å²) in [6.07, 6.45) is 10.7. The van der Waals surface area contributed by atoms with Gasteiger partial charge in [0.05, 0.1) is 27.5 Å². The van der Waals surface area contributed by atoms with E-state index in [0.29, 0.717) is 11.1 Å². The van der Waals surface area contributed by atoms with Gasteiger partial charge in [-0.2, -0.15) is 4.58 Å². The number of aliphatic hydroxyl groups is 1. The van der Waals surface area contributed by atoms with Crippen molar-refractivity contribution in [3.63, 3.8) is 0 Å². The second-order valence-electron chi connectivity index (χ2n) is 14.2. The van der Waals surface area contributed by atoms with Crippen LogP contribution in [0.5, 0.6) is 0 Å². The van der Waals surface area contributed by atoms with E-state index in [9.17, 15) is 19.8 Å². The molecule has 0 radical (unpaired) electrons. The van der Waals surface area contributed by atoms with Crippen molar-refractivity contribution >= 4 is 39.6 Å². The van der Waals surface area contributed by atoms with Crippen molar-refractivity contribution in [1.82, 2.24) is 0 Å². The monoisotopic (exact) mass is 631 g/mol. The average molecular weight is 632 g/mol. The molecular weight excluding hydrogens is 584 g/mol. The smallest absolute Gasteiger partial charge is 0.335 e. The van der Waals surface area contributed by atoms with Crippen molar-refractivity contribution in [2.24, 2.45) is 0 Å². The SMILES string of the molecule is CCCCCCCCN1/C(=C/C2=C(O)C(=C\C3=[N+](CC)c4c(ccc5ccccc45)C3(C)C)/C2=O)C(C)(C)c2cc(C(=O)O)ccc21. The molecule has 0 bridgehead atoms. The van der Waals surface area contributed by atoms with Gasteiger partial charge in [0.1, 0.15) is 12.3 Å². The van der Waals surface area contributed by atoms with Gasteiger partial charge in [-0.25, -0.2) is 4.79 Å². The topological polar surface area (TPSA) is 80.8 Å². The maximum atomic E-state index is 13.9. The van der Waals surface area contributed by atoms with Crippen LogP contribution in [0.2, 0.25) is 0 Å². The van der Waals surface area contributed by atoms with E-state index in [4.69, 9.17) is 0 Å². The Morgan fingerprint density at radius 2 is 1.60 bits per heavy atom. The van der Waals surface area contributed by atoms with E-state index in [1.807, 2.05) is 24.3 Å². The van der Waals surface area contributed by atoms with Gasteiger partial charge in [-0.15, -0.1) is 0 Å². The Kier molecular flexibility index (Phi) is 8.50. The molecule has 6 heteroatoms. The fourth-order valence-corrected chi connectivity index (χ4v) is 7.78. The van der Waals surface area contributed by atoms with Gasteiger partial charge >= 0.3 is 5.97 Å². The van der Waals surface area contributed by atoms with Gasteiger partial charge in [0.15, 0.2) is 5.71 Å². The van der Waals surface area contributed by atoms with Gasteiger partial charge in [-0.1, -0.05) is 83.2 Å². The Morgan fingerprint density at radius 3 is 2.30 bits per heavy atom. The fourth-order valence-electron chi connectivity index (χ4n) is 7.78. The molecule has 0 fully saturated rings. The number of carboxylic acid groups (broad SMARTS) is 1. The normalized spacial score (nSPS) is 19.6. The highest BCUT2D eigenvalue weighted by Crippen LogP contribution is 2.50. The van der Waals surface area contributed by atoms with Crippen LogP contribution in [0.1, 0.15) is 102 Å². The predicted molar refractivity (Wildman–Crippen MR) is 190 cm³/mol. The molecule has 6 nitrogen and oxygen atoms in total. The van der Waals surface area contributed by atoms with Crippen molar-refractivity contribution in [2.45, 2.75) is 90.9 Å². The summed E-state index contributed by atoms with van der Waals surface area (Å²) in [5.41, 5.74) is 6.12. The zero-order valence-electron chi connectivity index (χ0n) is 28.6. The molecule has 244 valence electrons. The first kappa shape index (κ1) is 32.5. The van der Waals surface area contributed by atoms with Crippen molar-refractivity contribution < 1.29 is 24.4 Å². The highest BCUT2D eigenvalue weighted by atomic mass is 16.4. The quantitative estimate of drug-likeness (QED) is 0.125. The number of nitrogens with zero attached hydrogens (tertiary/aromatic N) is 2. The third-order valence-electron chi connectivity index (χ3n) is 10.5. The molecule has 0 atom stereocenters. The molecule has 0 spiro atoms. The summed E-state index contributed by atoms with van der Waals surface area (Å²) in [5.74, 6) is -1.12. The first-order valence-corrected chi connectivity index (χ1v) is 17.2. The number of Topliss-reactive ketones (excluding diaryl/α,β-unsaturated/α-hetero) is 1. The summed E-state index contributed by atoms with van der Waals surface area (Å²) < 4.78 is 2.28. The molecule has 3 aliphatic rings. The number of hydrogen-bond acceptors (Lipinski definition) is 4. The lowest BCUT2D eigenvalue weighted by atomic mass is 9.77. The summed E-state index contributed by atoms with van der Waals surface area (Å²) in [4.78, 5) is 28.0. The zero-order chi connectivity index (χ0) is 33.7. The molecule has 0 aromatic heterocycles. The zero-order valence-corrected chi connectivity index (χ0v) is 28.6. The van der Waals surface area contributed by atoms with Crippen LogP contribution in [-0.4, -0.2) is 45.3 Å². The number of unbranched alkanes of at least 4 members (excludes halogenated alkanes) is 5. The number of anilines is 1. The van der Waals surface area contributed by atoms with E-state index in [-0.39, 0.29) is 22.5 Å². The standard InChI is InChI=1S/C41H46N2O4/c1-7-9-10-11-12-15-22-43-33-21-19-27(39(46)47)23-32(33)41(5,6)35(43)25-30-37(44)29(38(30)45)24-34-40(3,4)31-20-18-26-16-13-14-17-28(26)36(31)42(34)8-2/h13-14,16-21,23-25H,7-12,15,22H2,1-6H3,(H-,44,45,46,47)/p+1. The third kappa shape index (κ3) is 5.32. The number of aliphatic hydroxyl groups excluding tert-OH is 1. The van der Waals surface area contributed by atoms with Crippen LogP contribution >= 0.6 is 0 Å². The number of rotatable bonds is 11. The first-order valence-electron chi connectivity index (χ1n) is 17.2. The highest BCUT2D eigenvalue weighted by molar-refractivity contribution is 6.24. The number of aromatic carboxylic acids is 1. The minimum Gasteiger partial charge on any atom is -0.506 e. The minimum absolute atomic E-state index is 0.0140. The lowest BCUT2D eigenvalue weighted by Crippen LogP contribution is -2.32. The van der Waals surface area contributed by atoms with Gasteiger partial charge in [-0.3, -0.25) is 4.79 Å². The molecule has 3 aromatic rings. The first-order chi connectivity index (χ1) is 22.4. The van der Waals surface area contributed by atoms with Gasteiger partial charge in [-0.05, 0) is 68.5 Å². The van der Waals surface area contributed by atoms with E-state index in [1.165, 1.54) is 42.0 Å². The van der Waals surface area contributed by atoms with E-state index >= 15 is 0 Å². The van der Waals surface area contributed by atoms with Crippen molar-refractivity contribution in [2.75, 3.05) is 18.0 Å². The summed E-state index contributed by atoms with van der Waals surface area (Å²) in [5, 5.41) is 23.6. The molecule has 2 N–H and O–H groups in total. The van der Waals surface area contributed by atoms with E-state index in [1.54, 1.807) is 12.1 Å². The second-order valence-corrected chi connectivity index (χ2v) is 14.2. The molecule has 6 rings (SSSR count). The lowest BCUT2D eigenvalue weighted by Gasteiger charge is -2.29. The Hall–Kier alpha value is -4.45. The van der Waals surface area contributed by atoms with Crippen molar-refractivity contribution in [1.29, 1.82) is 0 Å². The van der Waals surface area contributed by atoms with Gasteiger partial charge in [0.2, 0.25) is 11.5 Å². The summed E-state index contributed by atoms with van der Waals surface area (Å²) in [6, 6.07) is 18.0. The molecular formula is C41H47N2O4+. The van der Waals surface area contributed by atoms with Crippen LogP contribution < -0.4 is 4.90 Å². The number of allylic oxidation sites excluding steroid dienone is 5. The Balaban J connectivity index is 1.39. The number of carboxylic acids is 1. The van der Waals surface area contributed by atoms with E-state index in [2.05, 4.69) is 81.3 Å². The van der Waals surface area contributed by atoms with Crippen LogP contribution in [0, 0.1) is 0 Å². The summed E-state index contributed by atoms with van der Waals surface area (Å²) in [6.45, 7) is 14.3. The largest absolute Gasteiger partial charge is 0.506 e. The number of fused-ring (bicyclic) bond motifs is 4. The van der Waals surface area contributed by atoms with Gasteiger partial charge < -0.3 is 15.1 Å². The van der Waals surface area contributed by atoms with Crippen LogP contribution in [0.4, 0.5) is 11.4 Å². The molecule has 0 amide bonds. The molecule has 0 saturated heterocycles. The molecule has 2 heterocycles. The number of carbonyl (C=O) groups excluding carboxylic acids is 1. The Bertz CT molecular complexity index is 1920. The van der Waals surface area contributed by atoms with Crippen LogP contribution in [0.3, 0.4) is 0 Å². The third-order valence-corrected chi connectivity index (χ3v) is 10.5. The maximum absolute atomic E-state index is 13.9. The molecule has 47 heavy (non-hydrogen) atoms. The Labute approximate surface area is 278 Å². The van der Waals surface area contributed by atoms with E-state index < -0.39 is 11.4 Å². The predicted octanol–water partition coefficient (Wildman–Crippen LogP) is 9.30. The van der Waals surface area contributed by atoms with Crippen molar-refractivity contribution in [3.8, 4) is 0 Å². The molecule has 3 aromatic carbocycles. The maximum Gasteiger partial charge on any atom is 0.335 e. The molecule has 0 unspecified atom stereocenters. The van der Waals surface area contributed by atoms with Gasteiger partial charge in [0, 0.05) is 35.0 Å². The lowest BCUT2D eigenvalue weighted by molar-refractivity contribution is -0.431. The molecule has 1 aliphatic carbocycles. The number of carbonyl (C=O) groups is 2. The number of ketones is 1. The summed E-state index contributed by atoms with van der Waals surface area (Å²) in [7, 11) is 0. The molecule has 2 aliphatic heterocycles. The average Bonchev–Trinajstić information content (AvgIpc) is 3.41. The number of benzene rings is 3. The number of hydrogen-bond donors (Lipinski definition) is 2. The Morgan fingerprint density at radius 1 is 0.872 bits per heavy atom. The highest BCUT2D eigenvalue weighted by Gasteiger charge is 2.47. The van der Waals surface area contributed by atoms with Crippen molar-refractivity contribution in [3.05, 3.63) is 106 Å². The van der Waals surface area contributed by atoms with E-state index in [0.717, 1.165) is 54.3 Å².